The third kappa shape index (κ3) is 3.46. The van der Waals surface area contributed by atoms with E-state index in [1.54, 1.807) is 23.9 Å². The van der Waals surface area contributed by atoms with Crippen LogP contribution in [0, 0.1) is 0 Å². The van der Waals surface area contributed by atoms with E-state index >= 15 is 0 Å². The van der Waals surface area contributed by atoms with Gasteiger partial charge in [0.1, 0.15) is 23.9 Å². The van der Waals surface area contributed by atoms with Gasteiger partial charge in [-0.1, -0.05) is 24.3 Å². The standard InChI is InChI=1S/C19H16F2N4O2/c1-26-15-4-2-3-13(9-15)16-10-17(25-19(24-16)22-11-23-25)12-5-7-14(8-6-12)27-18(20)21/h2-11,17-18H,1H3,(H,22,23,24)/t17-/m1/s1. The maximum atomic E-state index is 12.4. The number of halogens is 2. The van der Waals surface area contributed by atoms with Crippen molar-refractivity contribution in [2.75, 3.05) is 12.4 Å². The van der Waals surface area contributed by atoms with E-state index < -0.39 is 6.61 Å². The molecule has 0 amide bonds. The molecule has 1 N–H and O–H groups in total. The number of alkyl halides is 2. The summed E-state index contributed by atoms with van der Waals surface area (Å²) in [7, 11) is 1.62. The predicted octanol–water partition coefficient (Wildman–Crippen LogP) is 3.94. The first-order valence-corrected chi connectivity index (χ1v) is 8.21. The average molecular weight is 370 g/mol. The van der Waals surface area contributed by atoms with Gasteiger partial charge in [0.2, 0.25) is 5.95 Å². The second kappa shape index (κ2) is 7.06. The minimum Gasteiger partial charge on any atom is -0.497 e. The Morgan fingerprint density at radius 3 is 2.67 bits per heavy atom. The molecule has 6 nitrogen and oxygen atoms in total. The Morgan fingerprint density at radius 1 is 1.11 bits per heavy atom. The SMILES string of the molecule is COc1cccc(C2=C[C@H](c3ccc(OC(F)F)cc3)n3ncnc3N2)c1. The molecule has 1 aromatic heterocycles. The third-order valence-corrected chi connectivity index (χ3v) is 4.24. The van der Waals surface area contributed by atoms with E-state index in [2.05, 4.69) is 20.1 Å². The highest BCUT2D eigenvalue weighted by atomic mass is 19.3. The van der Waals surface area contributed by atoms with Crippen LogP contribution in [-0.4, -0.2) is 28.5 Å². The molecule has 0 radical (unpaired) electrons. The van der Waals surface area contributed by atoms with Gasteiger partial charge in [-0.25, -0.2) is 4.68 Å². The van der Waals surface area contributed by atoms with Gasteiger partial charge in [0.25, 0.3) is 0 Å². The van der Waals surface area contributed by atoms with Gasteiger partial charge < -0.3 is 14.8 Å². The van der Waals surface area contributed by atoms with E-state index in [1.165, 1.54) is 18.5 Å². The summed E-state index contributed by atoms with van der Waals surface area (Å²) in [6, 6.07) is 13.9. The van der Waals surface area contributed by atoms with Crippen LogP contribution in [0.15, 0.2) is 60.9 Å². The minimum atomic E-state index is -2.85. The molecule has 0 spiro atoms. The molecular formula is C19H16F2N4O2. The number of nitrogens with one attached hydrogen (secondary N) is 1. The van der Waals surface area contributed by atoms with Crippen LogP contribution in [0.25, 0.3) is 5.70 Å². The number of fused-ring (bicyclic) bond motifs is 1. The quantitative estimate of drug-likeness (QED) is 0.737. The Bertz CT molecular complexity index is 970. The summed E-state index contributed by atoms with van der Waals surface area (Å²) in [5.74, 6) is 1.44. The number of methoxy groups -OCH3 is 1. The molecule has 0 saturated heterocycles. The fraction of sp³-hybridized carbons (Fsp3) is 0.158. The Hall–Kier alpha value is -3.42. The number of ether oxygens (including phenoxy) is 2. The maximum Gasteiger partial charge on any atom is 0.387 e. The van der Waals surface area contributed by atoms with E-state index in [0.717, 1.165) is 22.6 Å². The van der Waals surface area contributed by atoms with Gasteiger partial charge in [0.05, 0.1) is 7.11 Å². The number of benzene rings is 2. The summed E-state index contributed by atoms with van der Waals surface area (Å²) in [6.45, 7) is -2.85. The van der Waals surface area contributed by atoms with Crippen LogP contribution in [0.3, 0.4) is 0 Å². The molecule has 138 valence electrons. The fourth-order valence-electron chi connectivity index (χ4n) is 2.98. The van der Waals surface area contributed by atoms with Gasteiger partial charge in [0.15, 0.2) is 0 Å². The number of rotatable bonds is 5. The van der Waals surface area contributed by atoms with Gasteiger partial charge in [-0.05, 0) is 35.9 Å². The van der Waals surface area contributed by atoms with Gasteiger partial charge in [-0.2, -0.15) is 18.9 Å². The monoisotopic (exact) mass is 370 g/mol. The molecular weight excluding hydrogens is 354 g/mol. The summed E-state index contributed by atoms with van der Waals surface area (Å²) in [5.41, 5.74) is 2.66. The zero-order valence-electron chi connectivity index (χ0n) is 14.3. The van der Waals surface area contributed by atoms with Crippen LogP contribution in [0.5, 0.6) is 11.5 Å². The molecule has 4 rings (SSSR count). The van der Waals surface area contributed by atoms with Crippen LogP contribution in [0.1, 0.15) is 17.2 Å². The Kier molecular flexibility index (Phi) is 4.45. The average Bonchev–Trinajstić information content (AvgIpc) is 3.16. The topological polar surface area (TPSA) is 61.2 Å². The second-order valence-corrected chi connectivity index (χ2v) is 5.86. The van der Waals surface area contributed by atoms with Crippen molar-refractivity contribution in [1.29, 1.82) is 0 Å². The summed E-state index contributed by atoms with van der Waals surface area (Å²) in [4.78, 5) is 4.25. The van der Waals surface area contributed by atoms with Crippen molar-refractivity contribution in [3.63, 3.8) is 0 Å². The largest absolute Gasteiger partial charge is 0.497 e. The predicted molar refractivity (Wildman–Crippen MR) is 95.8 cm³/mol. The van der Waals surface area contributed by atoms with Crippen LogP contribution in [0.4, 0.5) is 14.7 Å². The van der Waals surface area contributed by atoms with Crippen molar-refractivity contribution >= 4 is 11.6 Å². The first-order chi connectivity index (χ1) is 13.1. The third-order valence-electron chi connectivity index (χ3n) is 4.24. The zero-order valence-corrected chi connectivity index (χ0v) is 14.3. The normalized spacial score (nSPS) is 15.7. The number of nitrogens with zero attached hydrogens (tertiary/aromatic N) is 3. The Balaban J connectivity index is 1.71. The zero-order chi connectivity index (χ0) is 18.8. The van der Waals surface area contributed by atoms with E-state index in [0.29, 0.717) is 5.95 Å². The second-order valence-electron chi connectivity index (χ2n) is 5.86. The summed E-state index contributed by atoms with van der Waals surface area (Å²) >= 11 is 0. The Labute approximate surface area is 154 Å². The lowest BCUT2D eigenvalue weighted by Gasteiger charge is -2.24. The minimum absolute atomic E-state index is 0.110. The molecule has 1 atom stereocenters. The van der Waals surface area contributed by atoms with Gasteiger partial charge in [0, 0.05) is 11.3 Å². The first kappa shape index (κ1) is 17.0. The molecule has 3 aromatic rings. The highest BCUT2D eigenvalue weighted by Gasteiger charge is 2.23. The highest BCUT2D eigenvalue weighted by Crippen LogP contribution is 2.33. The van der Waals surface area contributed by atoms with Crippen molar-refractivity contribution < 1.29 is 18.3 Å². The number of hydrogen-bond donors (Lipinski definition) is 1. The molecule has 1 aliphatic heterocycles. The van der Waals surface area contributed by atoms with E-state index in [4.69, 9.17) is 4.74 Å². The maximum absolute atomic E-state index is 12.4. The van der Waals surface area contributed by atoms with Crippen molar-refractivity contribution in [2.24, 2.45) is 0 Å². The van der Waals surface area contributed by atoms with Gasteiger partial charge in [-0.3, -0.25) is 0 Å². The Morgan fingerprint density at radius 2 is 1.93 bits per heavy atom. The highest BCUT2D eigenvalue weighted by molar-refractivity contribution is 5.77. The van der Waals surface area contributed by atoms with Gasteiger partial charge in [-0.15, -0.1) is 0 Å². The lowest BCUT2D eigenvalue weighted by atomic mass is 10.0. The molecule has 0 saturated carbocycles. The molecule has 2 heterocycles. The number of aromatic nitrogens is 3. The van der Waals surface area contributed by atoms with E-state index in [1.807, 2.05) is 30.3 Å². The lowest BCUT2D eigenvalue weighted by molar-refractivity contribution is -0.0498. The van der Waals surface area contributed by atoms with E-state index in [-0.39, 0.29) is 11.8 Å². The first-order valence-electron chi connectivity index (χ1n) is 8.21. The molecule has 0 aliphatic carbocycles. The number of allylic oxidation sites excluding steroid dienone is 1. The number of anilines is 1. The molecule has 0 bridgehead atoms. The van der Waals surface area contributed by atoms with Crippen molar-refractivity contribution in [3.05, 3.63) is 72.1 Å². The molecule has 8 heteroatoms. The van der Waals surface area contributed by atoms with Crippen molar-refractivity contribution in [2.45, 2.75) is 12.7 Å². The molecule has 2 aromatic carbocycles. The number of hydrogen-bond acceptors (Lipinski definition) is 5. The van der Waals surface area contributed by atoms with Crippen molar-refractivity contribution in [1.82, 2.24) is 14.8 Å². The lowest BCUT2D eigenvalue weighted by Crippen LogP contribution is -2.20. The summed E-state index contributed by atoms with van der Waals surface area (Å²) in [6.07, 6.45) is 3.46. The summed E-state index contributed by atoms with van der Waals surface area (Å²) < 4.78 is 36.2. The smallest absolute Gasteiger partial charge is 0.387 e. The molecule has 0 unspecified atom stereocenters. The van der Waals surface area contributed by atoms with Crippen LogP contribution in [0.2, 0.25) is 0 Å². The van der Waals surface area contributed by atoms with Crippen LogP contribution >= 0.6 is 0 Å². The van der Waals surface area contributed by atoms with E-state index in [9.17, 15) is 8.78 Å². The summed E-state index contributed by atoms with van der Waals surface area (Å²) in [5, 5.41) is 7.52. The molecule has 1 aliphatic rings. The van der Waals surface area contributed by atoms with Crippen LogP contribution < -0.4 is 14.8 Å². The van der Waals surface area contributed by atoms with Crippen LogP contribution in [-0.2, 0) is 0 Å². The fourth-order valence-corrected chi connectivity index (χ4v) is 2.98. The molecule has 27 heavy (non-hydrogen) atoms. The van der Waals surface area contributed by atoms with Crippen molar-refractivity contribution in [3.8, 4) is 11.5 Å². The van der Waals surface area contributed by atoms with Gasteiger partial charge >= 0.3 is 6.61 Å². The molecule has 0 fully saturated rings.